The maximum Gasteiger partial charge on any atom is 0.273 e. The molecule has 1 rings (SSSR count). The fourth-order valence-corrected chi connectivity index (χ4v) is 3.17. The van der Waals surface area contributed by atoms with E-state index in [0.717, 1.165) is 18.2 Å². The zero-order chi connectivity index (χ0) is 13.9. The average molecular weight is 276 g/mol. The lowest BCUT2D eigenvalue weighted by molar-refractivity contribution is -0.385. The standard InChI is InChI=1S/C10H13FN2O4S/c1-7(12)5-18(16,17)6-8-4-9(11)2-3-10(8)13(14)15/h2-4,7H,5-6,12H2,1H3. The number of benzene rings is 1. The summed E-state index contributed by atoms with van der Waals surface area (Å²) >= 11 is 0. The highest BCUT2D eigenvalue weighted by molar-refractivity contribution is 7.90. The molecule has 100 valence electrons. The maximum absolute atomic E-state index is 13.0. The van der Waals surface area contributed by atoms with E-state index < -0.39 is 38.1 Å². The number of rotatable bonds is 5. The third-order valence-electron chi connectivity index (χ3n) is 2.13. The first-order valence-corrected chi connectivity index (χ1v) is 6.92. The molecular weight excluding hydrogens is 263 g/mol. The normalized spacial score (nSPS) is 13.3. The Kier molecular flexibility index (Phi) is 4.36. The molecule has 0 aromatic heterocycles. The molecule has 0 saturated carbocycles. The Morgan fingerprint density at radius 3 is 2.61 bits per heavy atom. The van der Waals surface area contributed by atoms with Crippen molar-refractivity contribution in [1.82, 2.24) is 0 Å². The summed E-state index contributed by atoms with van der Waals surface area (Å²) in [7, 11) is -3.60. The molecule has 0 aliphatic rings. The second kappa shape index (κ2) is 5.40. The van der Waals surface area contributed by atoms with Crippen LogP contribution in [0.5, 0.6) is 0 Å². The van der Waals surface area contributed by atoms with Gasteiger partial charge in [0.15, 0.2) is 9.84 Å². The topological polar surface area (TPSA) is 103 Å². The number of hydrogen-bond acceptors (Lipinski definition) is 5. The van der Waals surface area contributed by atoms with Crippen molar-refractivity contribution in [3.63, 3.8) is 0 Å². The molecule has 0 spiro atoms. The van der Waals surface area contributed by atoms with Gasteiger partial charge in [0.05, 0.1) is 16.4 Å². The SMILES string of the molecule is CC(N)CS(=O)(=O)Cc1cc(F)ccc1[N+](=O)[O-]. The lowest BCUT2D eigenvalue weighted by Crippen LogP contribution is -2.27. The molecule has 6 nitrogen and oxygen atoms in total. The van der Waals surface area contributed by atoms with E-state index in [-0.39, 0.29) is 11.3 Å². The van der Waals surface area contributed by atoms with Gasteiger partial charge < -0.3 is 5.73 Å². The molecule has 0 amide bonds. The van der Waals surface area contributed by atoms with Gasteiger partial charge in [-0.3, -0.25) is 10.1 Å². The molecular formula is C10H13FN2O4S. The summed E-state index contributed by atoms with van der Waals surface area (Å²) in [5, 5.41) is 10.7. The van der Waals surface area contributed by atoms with Gasteiger partial charge >= 0.3 is 0 Å². The zero-order valence-electron chi connectivity index (χ0n) is 9.67. The van der Waals surface area contributed by atoms with Gasteiger partial charge in [-0.05, 0) is 19.1 Å². The second-order valence-corrected chi connectivity index (χ2v) is 6.17. The molecule has 2 N–H and O–H groups in total. The van der Waals surface area contributed by atoms with Gasteiger partial charge in [0.1, 0.15) is 5.82 Å². The first kappa shape index (κ1) is 14.5. The van der Waals surface area contributed by atoms with Crippen LogP contribution in [-0.2, 0) is 15.6 Å². The quantitative estimate of drug-likeness (QED) is 0.638. The molecule has 0 aliphatic heterocycles. The molecule has 1 unspecified atom stereocenters. The molecule has 1 aromatic rings. The summed E-state index contributed by atoms with van der Waals surface area (Å²) in [6.07, 6.45) is 0. The summed E-state index contributed by atoms with van der Waals surface area (Å²) in [4.78, 5) is 9.96. The van der Waals surface area contributed by atoms with Crippen molar-refractivity contribution in [3.05, 3.63) is 39.7 Å². The van der Waals surface area contributed by atoms with E-state index in [9.17, 15) is 22.9 Å². The minimum absolute atomic E-state index is 0.166. The smallest absolute Gasteiger partial charge is 0.273 e. The first-order valence-electron chi connectivity index (χ1n) is 5.10. The lowest BCUT2D eigenvalue weighted by Gasteiger charge is -2.07. The largest absolute Gasteiger partial charge is 0.327 e. The lowest BCUT2D eigenvalue weighted by atomic mass is 10.2. The minimum Gasteiger partial charge on any atom is -0.327 e. The number of nitro groups is 1. The van der Waals surface area contributed by atoms with Crippen LogP contribution in [-0.4, -0.2) is 25.1 Å². The van der Waals surface area contributed by atoms with Gasteiger partial charge in [-0.25, -0.2) is 12.8 Å². The Hall–Kier alpha value is -1.54. The van der Waals surface area contributed by atoms with Crippen molar-refractivity contribution >= 4 is 15.5 Å². The van der Waals surface area contributed by atoms with Crippen molar-refractivity contribution in [2.24, 2.45) is 5.73 Å². The number of halogens is 1. The molecule has 18 heavy (non-hydrogen) atoms. The first-order chi connectivity index (χ1) is 8.21. The van der Waals surface area contributed by atoms with Crippen LogP contribution in [0.3, 0.4) is 0 Å². The van der Waals surface area contributed by atoms with Gasteiger partial charge in [0.2, 0.25) is 0 Å². The van der Waals surface area contributed by atoms with E-state index in [1.807, 2.05) is 0 Å². The molecule has 8 heteroatoms. The Morgan fingerprint density at radius 2 is 2.11 bits per heavy atom. The van der Waals surface area contributed by atoms with Crippen LogP contribution < -0.4 is 5.73 Å². The Morgan fingerprint density at radius 1 is 1.50 bits per heavy atom. The number of nitro benzene ring substituents is 1. The van der Waals surface area contributed by atoms with E-state index in [0.29, 0.717) is 0 Å². The van der Waals surface area contributed by atoms with E-state index >= 15 is 0 Å². The Labute approximate surface area is 104 Å². The molecule has 0 fully saturated rings. The summed E-state index contributed by atoms with van der Waals surface area (Å²) in [5.74, 6) is -1.62. The predicted molar refractivity (Wildman–Crippen MR) is 64.2 cm³/mol. The molecule has 1 atom stereocenters. The summed E-state index contributed by atoms with van der Waals surface area (Å²) < 4.78 is 36.3. The van der Waals surface area contributed by atoms with E-state index in [1.54, 1.807) is 0 Å². The maximum atomic E-state index is 13.0. The molecule has 0 radical (unpaired) electrons. The average Bonchev–Trinajstić information content (AvgIpc) is 2.13. The zero-order valence-corrected chi connectivity index (χ0v) is 10.5. The van der Waals surface area contributed by atoms with Crippen LogP contribution in [0.4, 0.5) is 10.1 Å². The van der Waals surface area contributed by atoms with Gasteiger partial charge in [-0.1, -0.05) is 0 Å². The predicted octanol–water partition coefficient (Wildman–Crippen LogP) is 0.996. The van der Waals surface area contributed by atoms with Crippen LogP contribution >= 0.6 is 0 Å². The Balaban J connectivity index is 3.10. The van der Waals surface area contributed by atoms with Crippen molar-refractivity contribution in [2.45, 2.75) is 18.7 Å². The fraction of sp³-hybridized carbons (Fsp3) is 0.400. The van der Waals surface area contributed by atoms with Crippen molar-refractivity contribution in [1.29, 1.82) is 0 Å². The second-order valence-electron chi connectivity index (χ2n) is 4.06. The number of nitrogens with two attached hydrogens (primary N) is 1. The molecule has 1 aromatic carbocycles. The molecule has 0 aliphatic carbocycles. The van der Waals surface area contributed by atoms with E-state index in [2.05, 4.69) is 0 Å². The van der Waals surface area contributed by atoms with Crippen molar-refractivity contribution < 1.29 is 17.7 Å². The van der Waals surface area contributed by atoms with E-state index in [1.165, 1.54) is 6.92 Å². The summed E-state index contributed by atoms with van der Waals surface area (Å²) in [6.45, 7) is 1.51. The third-order valence-corrected chi connectivity index (χ3v) is 3.91. The van der Waals surface area contributed by atoms with E-state index in [4.69, 9.17) is 5.73 Å². The number of hydrogen-bond donors (Lipinski definition) is 1. The Bertz CT molecular complexity index is 557. The third kappa shape index (κ3) is 4.04. The minimum atomic E-state index is -3.60. The summed E-state index contributed by atoms with van der Waals surface area (Å²) in [6, 6.07) is 2.14. The van der Waals surface area contributed by atoms with Crippen molar-refractivity contribution in [2.75, 3.05) is 5.75 Å². The molecule has 0 heterocycles. The van der Waals surface area contributed by atoms with Gasteiger partial charge in [-0.15, -0.1) is 0 Å². The summed E-state index contributed by atoms with van der Waals surface area (Å²) in [5.41, 5.74) is 4.79. The van der Waals surface area contributed by atoms with Gasteiger partial charge in [-0.2, -0.15) is 0 Å². The fourth-order valence-electron chi connectivity index (χ4n) is 1.54. The van der Waals surface area contributed by atoms with Crippen LogP contribution in [0.1, 0.15) is 12.5 Å². The molecule has 0 saturated heterocycles. The highest BCUT2D eigenvalue weighted by Gasteiger charge is 2.21. The van der Waals surface area contributed by atoms with Gasteiger partial charge in [0, 0.05) is 17.7 Å². The van der Waals surface area contributed by atoms with Crippen LogP contribution in [0.2, 0.25) is 0 Å². The monoisotopic (exact) mass is 276 g/mol. The van der Waals surface area contributed by atoms with Crippen LogP contribution in [0.25, 0.3) is 0 Å². The van der Waals surface area contributed by atoms with Crippen molar-refractivity contribution in [3.8, 4) is 0 Å². The van der Waals surface area contributed by atoms with Gasteiger partial charge in [0.25, 0.3) is 5.69 Å². The van der Waals surface area contributed by atoms with Crippen LogP contribution in [0.15, 0.2) is 18.2 Å². The highest BCUT2D eigenvalue weighted by Crippen LogP contribution is 2.22. The van der Waals surface area contributed by atoms with Crippen LogP contribution in [0, 0.1) is 15.9 Å². The highest BCUT2D eigenvalue weighted by atomic mass is 32.2. The number of sulfone groups is 1. The molecule has 0 bridgehead atoms. The number of nitrogens with zero attached hydrogens (tertiary/aromatic N) is 1.